The third-order valence-corrected chi connectivity index (χ3v) is 6.33. The van der Waals surface area contributed by atoms with Gasteiger partial charge in [-0.1, -0.05) is 30.3 Å². The molecule has 0 aliphatic carbocycles. The molecule has 0 fully saturated rings. The van der Waals surface area contributed by atoms with Crippen LogP contribution in [0.3, 0.4) is 0 Å². The number of fused-ring (bicyclic) bond motifs is 1. The first-order valence-corrected chi connectivity index (χ1v) is 12.8. The van der Waals surface area contributed by atoms with E-state index in [0.29, 0.717) is 22.9 Å². The number of aromatic nitrogens is 3. The molecule has 9 nitrogen and oxygen atoms in total. The van der Waals surface area contributed by atoms with Crippen molar-refractivity contribution in [3.05, 3.63) is 100 Å². The zero-order chi connectivity index (χ0) is 26.3. The molecule has 0 spiro atoms. The number of carbonyl (C=O) groups is 1. The molecule has 192 valence electrons. The number of hydroxylamine groups is 1. The molecule has 0 unspecified atom stereocenters. The molecule has 2 aromatic heterocycles. The Morgan fingerprint density at radius 2 is 1.61 bits per heavy atom. The van der Waals surface area contributed by atoms with Gasteiger partial charge in [-0.2, -0.15) is 10.1 Å². The van der Waals surface area contributed by atoms with Crippen LogP contribution in [0.2, 0.25) is 0 Å². The van der Waals surface area contributed by atoms with Crippen LogP contribution in [0.4, 0.5) is 0 Å². The smallest absolute Gasteiger partial charge is 0.300 e. The van der Waals surface area contributed by atoms with Gasteiger partial charge in [-0.05, 0) is 61.0 Å². The number of nitrogens with zero attached hydrogens (tertiary/aromatic N) is 3. The maximum atomic E-state index is 12.6. The van der Waals surface area contributed by atoms with Crippen molar-refractivity contribution in [1.29, 1.82) is 0 Å². The molecule has 1 amide bonds. The van der Waals surface area contributed by atoms with Crippen LogP contribution in [0.5, 0.6) is 11.5 Å². The highest BCUT2D eigenvalue weighted by Crippen LogP contribution is 2.27. The van der Waals surface area contributed by atoms with E-state index in [0.717, 1.165) is 22.6 Å². The fraction of sp³-hybridized carbons (Fsp3) is 0.143. The van der Waals surface area contributed by atoms with E-state index in [9.17, 15) is 9.59 Å². The van der Waals surface area contributed by atoms with Crippen LogP contribution in [0.1, 0.15) is 12.5 Å². The van der Waals surface area contributed by atoms with Crippen LogP contribution < -0.4 is 20.5 Å². The third-order valence-electron chi connectivity index (χ3n) is 5.51. The highest BCUT2D eigenvalue weighted by molar-refractivity contribution is 7.15. The van der Waals surface area contributed by atoms with E-state index in [-0.39, 0.29) is 18.9 Å². The van der Waals surface area contributed by atoms with E-state index in [2.05, 4.69) is 15.6 Å². The lowest BCUT2D eigenvalue weighted by Crippen LogP contribution is -2.28. The van der Waals surface area contributed by atoms with Gasteiger partial charge >= 0.3 is 5.56 Å². The third kappa shape index (κ3) is 5.88. The normalized spacial score (nSPS) is 10.9. The first-order valence-electron chi connectivity index (χ1n) is 11.9. The summed E-state index contributed by atoms with van der Waals surface area (Å²) in [5.74, 6) is 0.857. The van der Waals surface area contributed by atoms with Crippen LogP contribution in [0.15, 0.2) is 89.0 Å². The van der Waals surface area contributed by atoms with Gasteiger partial charge in [0.2, 0.25) is 4.96 Å². The Labute approximate surface area is 222 Å². The lowest BCUT2D eigenvalue weighted by molar-refractivity contribution is -0.136. The minimum absolute atomic E-state index is 0.187. The highest BCUT2D eigenvalue weighted by Gasteiger charge is 2.14. The second-order valence-electron chi connectivity index (χ2n) is 8.15. The van der Waals surface area contributed by atoms with Gasteiger partial charge in [0.25, 0.3) is 5.91 Å². The van der Waals surface area contributed by atoms with Gasteiger partial charge in [0.1, 0.15) is 11.5 Å². The van der Waals surface area contributed by atoms with Crippen LogP contribution in [-0.4, -0.2) is 33.7 Å². The average molecular weight is 529 g/mol. The van der Waals surface area contributed by atoms with Gasteiger partial charge in [0.15, 0.2) is 12.3 Å². The molecule has 3 aromatic carbocycles. The predicted octanol–water partition coefficient (Wildman–Crippen LogP) is 4.51. The van der Waals surface area contributed by atoms with Crippen molar-refractivity contribution in [1.82, 2.24) is 20.1 Å². The van der Waals surface area contributed by atoms with E-state index in [1.165, 1.54) is 11.3 Å². The summed E-state index contributed by atoms with van der Waals surface area (Å²) in [6.07, 6.45) is 0. The maximum absolute atomic E-state index is 12.6. The van der Waals surface area contributed by atoms with Gasteiger partial charge in [-0.15, -0.1) is 11.3 Å². The molecule has 0 saturated carbocycles. The Bertz CT molecular complexity index is 1580. The summed E-state index contributed by atoms with van der Waals surface area (Å²) in [7, 11) is 0. The Balaban J connectivity index is 1.25. The number of nitrogens with one attached hydrogen (secondary N) is 1. The second kappa shape index (κ2) is 11.7. The van der Waals surface area contributed by atoms with E-state index >= 15 is 0 Å². The summed E-state index contributed by atoms with van der Waals surface area (Å²) in [6, 6.07) is 24.0. The molecule has 1 N–H and O–H groups in total. The van der Waals surface area contributed by atoms with Crippen molar-refractivity contribution in [2.24, 2.45) is 0 Å². The number of hydrogen-bond donors (Lipinski definition) is 1. The highest BCUT2D eigenvalue weighted by atomic mass is 32.1. The molecule has 5 rings (SSSR count). The van der Waals surface area contributed by atoms with E-state index in [1.54, 1.807) is 40.9 Å². The summed E-state index contributed by atoms with van der Waals surface area (Å²) in [5.41, 5.74) is 5.48. The predicted molar refractivity (Wildman–Crippen MR) is 144 cm³/mol. The molecular formula is C28H24N4O5S. The fourth-order valence-corrected chi connectivity index (χ4v) is 4.51. The molecule has 2 heterocycles. The van der Waals surface area contributed by atoms with Crippen LogP contribution in [0, 0.1) is 0 Å². The van der Waals surface area contributed by atoms with E-state index in [1.807, 2.05) is 54.8 Å². The molecule has 38 heavy (non-hydrogen) atoms. The Kier molecular flexibility index (Phi) is 7.72. The molecule has 0 atom stereocenters. The average Bonchev–Trinajstić information content (AvgIpc) is 3.35. The Morgan fingerprint density at radius 3 is 2.32 bits per heavy atom. The topological polar surface area (TPSA) is 104 Å². The fourth-order valence-electron chi connectivity index (χ4n) is 3.69. The number of thiazole rings is 1. The second-order valence-corrected chi connectivity index (χ2v) is 8.99. The molecule has 0 radical (unpaired) electrons. The molecular weight excluding hydrogens is 504 g/mol. The Hall–Kier alpha value is -4.54. The Morgan fingerprint density at radius 1 is 0.921 bits per heavy atom. The number of carbonyl (C=O) groups excluding carboxylic acids is 1. The number of ether oxygens (including phenoxy) is 2. The van der Waals surface area contributed by atoms with Crippen LogP contribution >= 0.6 is 11.3 Å². The largest absolute Gasteiger partial charge is 0.494 e. The maximum Gasteiger partial charge on any atom is 0.300 e. The van der Waals surface area contributed by atoms with Gasteiger partial charge in [-0.3, -0.25) is 14.4 Å². The summed E-state index contributed by atoms with van der Waals surface area (Å²) in [6.45, 7) is 2.56. The van der Waals surface area contributed by atoms with Crippen molar-refractivity contribution >= 4 is 22.2 Å². The van der Waals surface area contributed by atoms with Gasteiger partial charge in [-0.25, -0.2) is 10.00 Å². The number of hydrogen-bond acceptors (Lipinski definition) is 8. The van der Waals surface area contributed by atoms with E-state index < -0.39 is 11.5 Å². The molecule has 0 aliphatic heterocycles. The summed E-state index contributed by atoms with van der Waals surface area (Å²) >= 11 is 1.33. The molecule has 5 aromatic rings. The van der Waals surface area contributed by atoms with Crippen LogP contribution in [0.25, 0.3) is 27.5 Å². The number of benzene rings is 3. The van der Waals surface area contributed by atoms with Crippen LogP contribution in [-0.2, 0) is 16.2 Å². The van der Waals surface area contributed by atoms with Crippen molar-refractivity contribution in [2.45, 2.75) is 13.5 Å². The minimum Gasteiger partial charge on any atom is -0.494 e. The van der Waals surface area contributed by atoms with Crippen molar-refractivity contribution in [3.8, 4) is 34.0 Å². The van der Waals surface area contributed by atoms with Crippen molar-refractivity contribution < 1.29 is 19.1 Å². The van der Waals surface area contributed by atoms with Crippen molar-refractivity contribution in [3.63, 3.8) is 0 Å². The van der Waals surface area contributed by atoms with E-state index in [4.69, 9.17) is 14.3 Å². The zero-order valence-corrected chi connectivity index (χ0v) is 21.3. The lowest BCUT2D eigenvalue weighted by Gasteiger charge is -2.09. The first kappa shape index (κ1) is 25.1. The summed E-state index contributed by atoms with van der Waals surface area (Å²) in [5, 5.41) is 6.50. The zero-order valence-electron chi connectivity index (χ0n) is 20.5. The van der Waals surface area contributed by atoms with Gasteiger partial charge in [0.05, 0.1) is 18.9 Å². The first-order chi connectivity index (χ1) is 18.6. The van der Waals surface area contributed by atoms with Gasteiger partial charge < -0.3 is 9.47 Å². The lowest BCUT2D eigenvalue weighted by atomic mass is 10.1. The monoisotopic (exact) mass is 528 g/mol. The molecule has 0 aliphatic rings. The number of amides is 1. The summed E-state index contributed by atoms with van der Waals surface area (Å²) < 4.78 is 12.7. The summed E-state index contributed by atoms with van der Waals surface area (Å²) in [4.78, 5) is 34.6. The molecule has 0 bridgehead atoms. The SMILES string of the molecule is CCOc1ccc(-c2nn3c(-c4ccc(OCC(=O)NOCc5ccccc5)cc4)csc3nc2=O)cc1. The number of rotatable bonds is 10. The molecule has 10 heteroatoms. The molecule has 0 saturated heterocycles. The van der Waals surface area contributed by atoms with Gasteiger partial charge in [0, 0.05) is 16.5 Å². The minimum atomic E-state index is -0.394. The standard InChI is InChI=1S/C28H24N4O5S/c1-2-35-22-14-10-21(11-15-22)26-27(34)29-28-32(30-26)24(18-38-28)20-8-12-23(13-9-20)36-17-25(33)31-37-16-19-6-4-3-5-7-19/h3-15,18H,2,16-17H2,1H3,(H,31,33). The van der Waals surface area contributed by atoms with Crippen molar-refractivity contribution in [2.75, 3.05) is 13.2 Å². The quantitative estimate of drug-likeness (QED) is 0.266.